The molecule has 9 nitrogen and oxygen atoms in total. The van der Waals surface area contributed by atoms with Gasteiger partial charge >= 0.3 is 11.7 Å². The van der Waals surface area contributed by atoms with Gasteiger partial charge in [-0.3, -0.25) is 9.47 Å². The molecule has 3 aromatic rings. The Kier molecular flexibility index (Phi) is 7.61. The molecule has 0 unspecified atom stereocenters. The van der Waals surface area contributed by atoms with Crippen LogP contribution in [0.3, 0.4) is 0 Å². The smallest absolute Gasteiger partial charge is 0.327 e. The first-order valence-electron chi connectivity index (χ1n) is 11.9. The molecule has 33 heavy (non-hydrogen) atoms. The fourth-order valence-electron chi connectivity index (χ4n) is 4.19. The van der Waals surface area contributed by atoms with E-state index in [-0.39, 0.29) is 17.5 Å². The van der Waals surface area contributed by atoms with Crippen LogP contribution in [-0.4, -0.2) is 68.6 Å². The number of anilines is 1. The second-order valence-corrected chi connectivity index (χ2v) is 8.83. The van der Waals surface area contributed by atoms with E-state index in [4.69, 9.17) is 10.5 Å². The molecule has 0 aliphatic carbocycles. The van der Waals surface area contributed by atoms with E-state index in [1.165, 1.54) is 11.1 Å². The molecule has 1 fully saturated rings. The molecule has 0 amide bonds. The van der Waals surface area contributed by atoms with E-state index in [1.807, 2.05) is 0 Å². The van der Waals surface area contributed by atoms with Gasteiger partial charge in [0.1, 0.15) is 5.52 Å². The first-order chi connectivity index (χ1) is 16.0. The number of aromatic nitrogens is 4. The summed E-state index contributed by atoms with van der Waals surface area (Å²) < 4.78 is 7.26. The predicted molar refractivity (Wildman–Crippen MR) is 130 cm³/mol. The molecule has 1 aliphatic heterocycles. The number of hydrogen-bond donors (Lipinski definition) is 2. The highest BCUT2D eigenvalue weighted by Crippen LogP contribution is 2.18. The maximum Gasteiger partial charge on any atom is 0.327 e. The third-order valence-electron chi connectivity index (χ3n) is 6.21. The summed E-state index contributed by atoms with van der Waals surface area (Å²) in [7, 11) is 0. The molecular formula is C24H35N7O2. The Balaban J connectivity index is 1.29. The number of aromatic amines is 1. The summed E-state index contributed by atoms with van der Waals surface area (Å²) >= 11 is 0. The Labute approximate surface area is 194 Å². The normalized spacial score (nSPS) is 15.3. The van der Waals surface area contributed by atoms with Crippen molar-refractivity contribution in [2.45, 2.75) is 46.2 Å². The number of unbranched alkanes of at least 4 members (excludes halogenated alkanes) is 1. The highest BCUT2D eigenvalue weighted by molar-refractivity contribution is 5.81. The number of nitrogen functional groups attached to an aromatic ring is 1. The summed E-state index contributed by atoms with van der Waals surface area (Å²) in [5.74, 6) is 0.243. The third kappa shape index (κ3) is 5.91. The van der Waals surface area contributed by atoms with Crippen LogP contribution in [0, 0.1) is 6.92 Å². The van der Waals surface area contributed by atoms with Crippen LogP contribution < -0.4 is 16.2 Å². The lowest BCUT2D eigenvalue weighted by Crippen LogP contribution is -2.46. The molecule has 0 spiro atoms. The molecule has 1 aromatic carbocycles. The molecule has 0 radical (unpaired) electrons. The van der Waals surface area contributed by atoms with E-state index in [0.29, 0.717) is 24.3 Å². The molecule has 0 bridgehead atoms. The predicted octanol–water partition coefficient (Wildman–Crippen LogP) is 2.40. The Hall–Kier alpha value is -2.91. The summed E-state index contributed by atoms with van der Waals surface area (Å²) in [5, 5.41) is 0. The van der Waals surface area contributed by atoms with Crippen LogP contribution in [0.2, 0.25) is 0 Å². The van der Waals surface area contributed by atoms with Crippen molar-refractivity contribution in [2.75, 3.05) is 45.1 Å². The minimum Gasteiger partial charge on any atom is -0.463 e. The largest absolute Gasteiger partial charge is 0.463 e. The number of piperazine rings is 1. The Morgan fingerprint density at radius 2 is 1.76 bits per heavy atom. The minimum absolute atomic E-state index is 0.209. The standard InChI is InChI=1S/C24H35N7O2/c1-3-4-16-33-23-27-21(25)20-22(28-23)31(24(32)26-20)11-5-10-29-12-14-30(15-13-29)17-19-8-6-18(2)7-9-19/h6-9H,3-5,10-17H2,1-2H3,(H,26,32)(H2,25,27,28). The third-order valence-corrected chi connectivity index (χ3v) is 6.21. The number of hydrogen-bond acceptors (Lipinski definition) is 7. The maximum atomic E-state index is 12.5. The number of H-pyrrole nitrogens is 1. The van der Waals surface area contributed by atoms with Gasteiger partial charge in [-0.25, -0.2) is 4.79 Å². The second-order valence-electron chi connectivity index (χ2n) is 8.83. The summed E-state index contributed by atoms with van der Waals surface area (Å²) in [6, 6.07) is 9.02. The molecule has 1 saturated heterocycles. The maximum absolute atomic E-state index is 12.5. The first-order valence-corrected chi connectivity index (χ1v) is 11.9. The summed E-state index contributed by atoms with van der Waals surface area (Å²) in [4.78, 5) is 28.9. The topological polar surface area (TPSA) is 105 Å². The Morgan fingerprint density at radius 1 is 1.03 bits per heavy atom. The molecule has 3 N–H and O–H groups in total. The van der Waals surface area contributed by atoms with Crippen molar-refractivity contribution in [2.24, 2.45) is 0 Å². The van der Waals surface area contributed by atoms with E-state index in [0.717, 1.165) is 58.5 Å². The monoisotopic (exact) mass is 453 g/mol. The van der Waals surface area contributed by atoms with Crippen LogP contribution in [0.5, 0.6) is 6.01 Å². The minimum atomic E-state index is -0.209. The Bertz CT molecular complexity index is 1100. The number of fused-ring (bicyclic) bond motifs is 1. The van der Waals surface area contributed by atoms with Crippen LogP contribution in [-0.2, 0) is 13.1 Å². The van der Waals surface area contributed by atoms with Crippen LogP contribution in [0.4, 0.5) is 5.82 Å². The van der Waals surface area contributed by atoms with E-state index >= 15 is 0 Å². The fourth-order valence-corrected chi connectivity index (χ4v) is 4.19. The Morgan fingerprint density at radius 3 is 2.48 bits per heavy atom. The van der Waals surface area contributed by atoms with Crippen molar-refractivity contribution in [1.82, 2.24) is 29.3 Å². The van der Waals surface area contributed by atoms with Gasteiger partial charge in [-0.05, 0) is 31.9 Å². The quantitative estimate of drug-likeness (QED) is 0.454. The average molecular weight is 454 g/mol. The molecule has 2 aromatic heterocycles. The zero-order chi connectivity index (χ0) is 23.2. The van der Waals surface area contributed by atoms with E-state index in [9.17, 15) is 4.79 Å². The molecular weight excluding hydrogens is 418 g/mol. The van der Waals surface area contributed by atoms with Gasteiger partial charge in [0.15, 0.2) is 11.5 Å². The fraction of sp³-hybridized carbons (Fsp3) is 0.542. The molecule has 0 saturated carbocycles. The highest BCUT2D eigenvalue weighted by atomic mass is 16.5. The van der Waals surface area contributed by atoms with Crippen LogP contribution in [0.1, 0.15) is 37.3 Å². The van der Waals surface area contributed by atoms with E-state index < -0.39 is 0 Å². The van der Waals surface area contributed by atoms with Crippen molar-refractivity contribution in [3.63, 3.8) is 0 Å². The van der Waals surface area contributed by atoms with Gasteiger partial charge in [0, 0.05) is 39.3 Å². The van der Waals surface area contributed by atoms with Crippen LogP contribution in [0.15, 0.2) is 29.1 Å². The summed E-state index contributed by atoms with van der Waals surface area (Å²) in [6.07, 6.45) is 2.80. The number of aryl methyl sites for hydroxylation is 2. The lowest BCUT2D eigenvalue weighted by atomic mass is 10.1. The average Bonchev–Trinajstić information content (AvgIpc) is 3.13. The van der Waals surface area contributed by atoms with Crippen molar-refractivity contribution < 1.29 is 4.74 Å². The molecule has 1 aliphatic rings. The first kappa shape index (κ1) is 23.3. The number of ether oxygens (including phenoxy) is 1. The van der Waals surface area contributed by atoms with Crippen LogP contribution in [0.25, 0.3) is 11.2 Å². The van der Waals surface area contributed by atoms with Crippen molar-refractivity contribution in [3.05, 3.63) is 45.9 Å². The number of imidazole rings is 1. The molecule has 4 rings (SSSR count). The second kappa shape index (κ2) is 10.8. The SMILES string of the molecule is CCCCOc1nc(N)c2[nH]c(=O)n(CCCN3CCN(Cc4ccc(C)cc4)CC3)c2n1. The van der Waals surface area contributed by atoms with Gasteiger partial charge in [0.2, 0.25) is 0 Å². The van der Waals surface area contributed by atoms with Gasteiger partial charge in [0.05, 0.1) is 6.61 Å². The summed E-state index contributed by atoms with van der Waals surface area (Å²) in [6.45, 7) is 11.5. The highest BCUT2D eigenvalue weighted by Gasteiger charge is 2.18. The van der Waals surface area contributed by atoms with Gasteiger partial charge < -0.3 is 20.4 Å². The van der Waals surface area contributed by atoms with Crippen molar-refractivity contribution in [3.8, 4) is 6.01 Å². The van der Waals surface area contributed by atoms with Gasteiger partial charge in [0.25, 0.3) is 0 Å². The number of nitrogens with zero attached hydrogens (tertiary/aromatic N) is 5. The van der Waals surface area contributed by atoms with Gasteiger partial charge in [-0.1, -0.05) is 43.2 Å². The molecule has 178 valence electrons. The van der Waals surface area contributed by atoms with Crippen LogP contribution >= 0.6 is 0 Å². The number of nitrogens with one attached hydrogen (secondary N) is 1. The van der Waals surface area contributed by atoms with Crippen molar-refractivity contribution >= 4 is 17.0 Å². The number of rotatable bonds is 10. The lowest BCUT2D eigenvalue weighted by molar-refractivity contribution is 0.125. The zero-order valence-electron chi connectivity index (χ0n) is 19.7. The van der Waals surface area contributed by atoms with Gasteiger partial charge in [-0.15, -0.1) is 0 Å². The number of benzene rings is 1. The van der Waals surface area contributed by atoms with E-state index in [1.54, 1.807) is 4.57 Å². The zero-order valence-corrected chi connectivity index (χ0v) is 19.7. The lowest BCUT2D eigenvalue weighted by Gasteiger charge is -2.34. The van der Waals surface area contributed by atoms with Gasteiger partial charge in [-0.2, -0.15) is 9.97 Å². The molecule has 3 heterocycles. The molecule has 0 atom stereocenters. The summed E-state index contributed by atoms with van der Waals surface area (Å²) in [5.41, 5.74) is 9.49. The number of nitrogens with two attached hydrogens (primary N) is 1. The molecule has 9 heteroatoms. The van der Waals surface area contributed by atoms with E-state index in [2.05, 4.69) is 62.9 Å². The van der Waals surface area contributed by atoms with Crippen molar-refractivity contribution in [1.29, 1.82) is 0 Å².